The molecule has 1 saturated heterocycles. The zero-order chi connectivity index (χ0) is 25.7. The van der Waals surface area contributed by atoms with Crippen molar-refractivity contribution < 1.29 is 14.3 Å². The number of carbonyl (C=O) groups excluding carboxylic acids is 2. The third kappa shape index (κ3) is 5.70. The number of ether oxygens (including phenoxy) is 1. The second kappa shape index (κ2) is 11.3. The number of benzene rings is 2. The Balaban J connectivity index is 1.47. The van der Waals surface area contributed by atoms with Crippen LogP contribution in [0.1, 0.15) is 37.9 Å². The number of anilines is 2. The Hall–Kier alpha value is -3.81. The fourth-order valence-corrected chi connectivity index (χ4v) is 4.40. The summed E-state index contributed by atoms with van der Waals surface area (Å²) < 4.78 is 7.09. The average Bonchev–Trinajstić information content (AvgIpc) is 3.23. The van der Waals surface area contributed by atoms with Gasteiger partial charge >= 0.3 is 0 Å². The van der Waals surface area contributed by atoms with Crippen LogP contribution >= 0.6 is 0 Å². The highest BCUT2D eigenvalue weighted by molar-refractivity contribution is 5.96. The summed E-state index contributed by atoms with van der Waals surface area (Å²) >= 11 is 0. The van der Waals surface area contributed by atoms with Crippen LogP contribution in [0.25, 0.3) is 5.69 Å². The number of nitrogens with zero attached hydrogens (tertiary/aromatic N) is 3. The van der Waals surface area contributed by atoms with Gasteiger partial charge in [0.1, 0.15) is 11.4 Å². The molecule has 0 unspecified atom stereocenters. The quantitative estimate of drug-likeness (QED) is 0.492. The van der Waals surface area contributed by atoms with E-state index in [1.54, 1.807) is 7.11 Å². The molecule has 2 amide bonds. The van der Waals surface area contributed by atoms with Crippen LogP contribution in [0, 0.1) is 18.8 Å². The number of methoxy groups -OCH3 is 1. The van der Waals surface area contributed by atoms with Gasteiger partial charge in [-0.3, -0.25) is 9.59 Å². The van der Waals surface area contributed by atoms with Gasteiger partial charge < -0.3 is 20.3 Å². The second-order valence-electron chi connectivity index (χ2n) is 9.50. The Morgan fingerprint density at radius 2 is 1.72 bits per heavy atom. The third-order valence-corrected chi connectivity index (χ3v) is 6.60. The van der Waals surface area contributed by atoms with Crippen LogP contribution in [0.4, 0.5) is 11.5 Å². The minimum absolute atomic E-state index is 0.0419. The number of rotatable bonds is 8. The molecule has 0 bridgehead atoms. The zero-order valence-electron chi connectivity index (χ0n) is 21.5. The molecule has 0 radical (unpaired) electrons. The lowest BCUT2D eigenvalue weighted by Gasteiger charge is -2.33. The lowest BCUT2D eigenvalue weighted by atomic mass is 9.95. The van der Waals surface area contributed by atoms with Crippen molar-refractivity contribution in [1.29, 1.82) is 0 Å². The number of para-hydroxylation sites is 1. The summed E-state index contributed by atoms with van der Waals surface area (Å²) in [7, 11) is 1.64. The molecule has 8 heteroatoms. The molecule has 1 aliphatic rings. The van der Waals surface area contributed by atoms with Gasteiger partial charge in [-0.15, -0.1) is 0 Å². The van der Waals surface area contributed by atoms with Crippen molar-refractivity contribution in [2.24, 2.45) is 11.8 Å². The van der Waals surface area contributed by atoms with E-state index in [-0.39, 0.29) is 23.7 Å². The molecule has 0 spiro atoms. The Kier molecular flexibility index (Phi) is 7.93. The number of nitrogens with one attached hydrogen (secondary N) is 2. The molecule has 0 atom stereocenters. The predicted octanol–water partition coefficient (Wildman–Crippen LogP) is 4.32. The first-order valence-electron chi connectivity index (χ1n) is 12.5. The van der Waals surface area contributed by atoms with E-state index in [9.17, 15) is 9.59 Å². The van der Waals surface area contributed by atoms with Crippen molar-refractivity contribution in [2.75, 3.05) is 30.4 Å². The van der Waals surface area contributed by atoms with Crippen LogP contribution in [0.2, 0.25) is 0 Å². The smallest absolute Gasteiger partial charge is 0.227 e. The van der Waals surface area contributed by atoms with Crippen molar-refractivity contribution in [1.82, 2.24) is 15.1 Å². The second-order valence-corrected chi connectivity index (χ2v) is 9.50. The fourth-order valence-electron chi connectivity index (χ4n) is 4.40. The predicted molar refractivity (Wildman–Crippen MR) is 142 cm³/mol. The van der Waals surface area contributed by atoms with E-state index in [1.165, 1.54) is 0 Å². The summed E-state index contributed by atoms with van der Waals surface area (Å²) in [5, 5.41) is 10.9. The molecule has 4 rings (SSSR count). The van der Waals surface area contributed by atoms with Crippen molar-refractivity contribution in [3.05, 3.63) is 65.9 Å². The number of carbonyl (C=O) groups is 2. The Morgan fingerprint density at radius 1 is 1.06 bits per heavy atom. The van der Waals surface area contributed by atoms with Gasteiger partial charge in [0.15, 0.2) is 5.82 Å². The number of aromatic nitrogens is 2. The maximum atomic E-state index is 12.9. The highest BCUT2D eigenvalue weighted by Crippen LogP contribution is 2.35. The highest BCUT2D eigenvalue weighted by atomic mass is 16.5. The summed E-state index contributed by atoms with van der Waals surface area (Å²) in [4.78, 5) is 27.7. The normalized spacial score (nSPS) is 14.1. The molecule has 1 fully saturated rings. The van der Waals surface area contributed by atoms with Gasteiger partial charge in [0.2, 0.25) is 11.8 Å². The zero-order valence-corrected chi connectivity index (χ0v) is 21.5. The maximum Gasteiger partial charge on any atom is 0.227 e. The topological polar surface area (TPSA) is 88.5 Å². The van der Waals surface area contributed by atoms with Crippen molar-refractivity contribution in [2.45, 2.75) is 40.2 Å². The largest absolute Gasteiger partial charge is 0.497 e. The van der Waals surface area contributed by atoms with E-state index in [1.807, 2.05) is 80.1 Å². The maximum absolute atomic E-state index is 12.9. The SMILES string of the molecule is COc1ccc(CNC(=O)C2CCN(c3c(NC(=O)C(C)C)c(C)nn3-c3ccccc3)CC2)cc1. The molecular formula is C28H35N5O3. The van der Waals surface area contributed by atoms with Gasteiger partial charge in [0, 0.05) is 31.5 Å². The number of aryl methyl sites for hydroxylation is 1. The summed E-state index contributed by atoms with van der Waals surface area (Å²) in [6.07, 6.45) is 1.45. The molecule has 0 saturated carbocycles. The van der Waals surface area contributed by atoms with E-state index in [2.05, 4.69) is 15.5 Å². The average molecular weight is 490 g/mol. The van der Waals surface area contributed by atoms with Crippen LogP contribution in [-0.2, 0) is 16.1 Å². The van der Waals surface area contributed by atoms with Crippen LogP contribution in [0.5, 0.6) is 5.75 Å². The molecule has 1 aliphatic heterocycles. The van der Waals surface area contributed by atoms with Crippen LogP contribution < -0.4 is 20.3 Å². The summed E-state index contributed by atoms with van der Waals surface area (Å²) in [6, 6.07) is 17.6. The van der Waals surface area contributed by atoms with Gasteiger partial charge in [-0.25, -0.2) is 4.68 Å². The van der Waals surface area contributed by atoms with Gasteiger partial charge in [0.05, 0.1) is 18.5 Å². The monoisotopic (exact) mass is 489 g/mol. The molecular weight excluding hydrogens is 454 g/mol. The summed E-state index contributed by atoms with van der Waals surface area (Å²) in [5.74, 6) is 1.50. The Morgan fingerprint density at radius 3 is 2.33 bits per heavy atom. The van der Waals surface area contributed by atoms with Crippen molar-refractivity contribution in [3.8, 4) is 11.4 Å². The van der Waals surface area contributed by atoms with Gasteiger partial charge in [0.25, 0.3) is 0 Å². The Bertz CT molecular complexity index is 1180. The molecule has 8 nitrogen and oxygen atoms in total. The standard InChI is InChI=1S/C28H35N5O3/c1-19(2)26(34)30-25-20(3)31-33(23-8-6-5-7-9-23)28(25)32-16-14-22(15-17-32)27(35)29-18-21-10-12-24(36-4)13-11-21/h5-13,19,22H,14-18H2,1-4H3,(H,29,35)(H,30,34). The van der Waals surface area contributed by atoms with Crippen LogP contribution in [0.15, 0.2) is 54.6 Å². The molecule has 2 aromatic carbocycles. The molecule has 1 aromatic heterocycles. The molecule has 3 aromatic rings. The molecule has 2 N–H and O–H groups in total. The number of hydrogen-bond donors (Lipinski definition) is 2. The number of amides is 2. The van der Waals surface area contributed by atoms with E-state index in [4.69, 9.17) is 9.84 Å². The first kappa shape index (κ1) is 25.3. The highest BCUT2D eigenvalue weighted by Gasteiger charge is 2.30. The minimum Gasteiger partial charge on any atom is -0.497 e. The number of piperidine rings is 1. The molecule has 190 valence electrons. The molecule has 36 heavy (non-hydrogen) atoms. The fraction of sp³-hybridized carbons (Fsp3) is 0.393. The summed E-state index contributed by atoms with van der Waals surface area (Å²) in [6.45, 7) is 7.56. The number of hydrogen-bond acceptors (Lipinski definition) is 5. The van der Waals surface area contributed by atoms with Crippen LogP contribution in [0.3, 0.4) is 0 Å². The van der Waals surface area contributed by atoms with Crippen molar-refractivity contribution in [3.63, 3.8) is 0 Å². The van der Waals surface area contributed by atoms with E-state index >= 15 is 0 Å². The van der Waals surface area contributed by atoms with E-state index < -0.39 is 0 Å². The lowest BCUT2D eigenvalue weighted by Crippen LogP contribution is -2.41. The van der Waals surface area contributed by atoms with Crippen LogP contribution in [-0.4, -0.2) is 41.8 Å². The molecule has 2 heterocycles. The van der Waals surface area contributed by atoms with Gasteiger partial charge in [-0.2, -0.15) is 5.10 Å². The first-order valence-corrected chi connectivity index (χ1v) is 12.5. The van der Waals surface area contributed by atoms with E-state index in [0.717, 1.165) is 47.0 Å². The minimum atomic E-state index is -0.141. The first-order chi connectivity index (χ1) is 17.4. The van der Waals surface area contributed by atoms with Crippen molar-refractivity contribution >= 4 is 23.3 Å². The Labute approximate surface area is 212 Å². The van der Waals surface area contributed by atoms with E-state index in [0.29, 0.717) is 19.6 Å². The van der Waals surface area contributed by atoms with Gasteiger partial charge in [-0.05, 0) is 49.6 Å². The molecule has 0 aliphatic carbocycles. The lowest BCUT2D eigenvalue weighted by molar-refractivity contribution is -0.125. The summed E-state index contributed by atoms with van der Waals surface area (Å²) in [5.41, 5.74) is 3.47. The third-order valence-electron chi connectivity index (χ3n) is 6.60. The van der Waals surface area contributed by atoms with Gasteiger partial charge in [-0.1, -0.05) is 44.2 Å².